The molecule has 2 aromatic heterocycles. The Balaban J connectivity index is 1.45. The summed E-state index contributed by atoms with van der Waals surface area (Å²) in [5, 5.41) is 4.80. The van der Waals surface area contributed by atoms with Crippen molar-refractivity contribution in [3.05, 3.63) is 95.0 Å². The van der Waals surface area contributed by atoms with Crippen LogP contribution < -0.4 is 5.32 Å². The van der Waals surface area contributed by atoms with Crippen molar-refractivity contribution < 1.29 is 9.59 Å². The second-order valence-electron chi connectivity index (χ2n) is 7.16. The number of aromatic nitrogens is 1. The van der Waals surface area contributed by atoms with Gasteiger partial charge >= 0.3 is 0 Å². The zero-order valence-electron chi connectivity index (χ0n) is 16.7. The molecule has 0 unspecified atom stereocenters. The van der Waals surface area contributed by atoms with Gasteiger partial charge in [-0.2, -0.15) is 0 Å². The highest BCUT2D eigenvalue weighted by atomic mass is 32.1. The molecule has 0 spiro atoms. The Morgan fingerprint density at radius 3 is 2.10 bits per heavy atom. The molecule has 4 aromatic rings. The summed E-state index contributed by atoms with van der Waals surface area (Å²) in [5.74, 6) is -0.360. The molecule has 5 nitrogen and oxygen atoms in total. The van der Waals surface area contributed by atoms with Crippen LogP contribution in [0.5, 0.6) is 0 Å². The Bertz CT molecular complexity index is 1110. The molecule has 4 rings (SSSR count). The molecule has 6 heteroatoms. The van der Waals surface area contributed by atoms with Crippen LogP contribution in [0.3, 0.4) is 0 Å². The van der Waals surface area contributed by atoms with Crippen molar-refractivity contribution in [3.63, 3.8) is 0 Å². The lowest BCUT2D eigenvalue weighted by molar-refractivity contribution is -0.131. The molecule has 0 atom stereocenters. The van der Waals surface area contributed by atoms with E-state index >= 15 is 0 Å². The van der Waals surface area contributed by atoms with Crippen LogP contribution in [0.15, 0.2) is 78.2 Å². The second-order valence-corrected chi connectivity index (χ2v) is 8.11. The number of benzene rings is 2. The van der Waals surface area contributed by atoms with Crippen molar-refractivity contribution in [2.45, 2.75) is 13.1 Å². The summed E-state index contributed by atoms with van der Waals surface area (Å²) >= 11 is 1.60. The lowest BCUT2D eigenvalue weighted by atomic mass is 10.1. The normalized spacial score (nSPS) is 10.8. The first kappa shape index (κ1) is 19.9. The van der Waals surface area contributed by atoms with Gasteiger partial charge in [0.1, 0.15) is 5.69 Å². The molecule has 152 valence electrons. The van der Waals surface area contributed by atoms with Crippen LogP contribution in [0.4, 0.5) is 0 Å². The van der Waals surface area contributed by atoms with Crippen LogP contribution in [0, 0.1) is 0 Å². The van der Waals surface area contributed by atoms with E-state index in [1.165, 1.54) is 0 Å². The standard InChI is InChI=1S/C24H23N3O2S/c1-26-20-12-13-30-22(20)14-21(26)24(29)25-15-23(28)27(16-18-8-4-2-5-9-18)17-19-10-6-3-7-11-19/h2-14H,15-17H2,1H3,(H,25,29). The molecule has 0 saturated heterocycles. The number of aryl methyl sites for hydroxylation is 1. The van der Waals surface area contributed by atoms with E-state index in [2.05, 4.69) is 5.32 Å². The lowest BCUT2D eigenvalue weighted by Crippen LogP contribution is -2.40. The quantitative estimate of drug-likeness (QED) is 0.490. The molecular weight excluding hydrogens is 394 g/mol. The number of fused-ring (bicyclic) bond motifs is 1. The minimum absolute atomic E-state index is 0.0443. The van der Waals surface area contributed by atoms with Crippen molar-refractivity contribution in [3.8, 4) is 0 Å². The summed E-state index contributed by atoms with van der Waals surface area (Å²) in [6.45, 7) is 0.936. The van der Waals surface area contributed by atoms with E-state index in [1.54, 1.807) is 16.2 Å². The summed E-state index contributed by atoms with van der Waals surface area (Å²) in [6.07, 6.45) is 0. The van der Waals surface area contributed by atoms with Gasteiger partial charge in [0.05, 0.1) is 16.8 Å². The van der Waals surface area contributed by atoms with Gasteiger partial charge in [-0.3, -0.25) is 9.59 Å². The third-order valence-corrected chi connectivity index (χ3v) is 5.94. The minimum atomic E-state index is -0.242. The summed E-state index contributed by atoms with van der Waals surface area (Å²) in [7, 11) is 1.86. The molecule has 0 aliphatic heterocycles. The molecule has 0 aliphatic rings. The van der Waals surface area contributed by atoms with Crippen molar-refractivity contribution in [1.29, 1.82) is 0 Å². The number of amides is 2. The molecule has 0 fully saturated rings. The molecule has 30 heavy (non-hydrogen) atoms. The first-order chi connectivity index (χ1) is 14.6. The number of thiophene rings is 1. The molecule has 0 radical (unpaired) electrons. The zero-order chi connectivity index (χ0) is 20.9. The molecule has 2 aromatic carbocycles. The van der Waals surface area contributed by atoms with Crippen LogP contribution in [-0.2, 0) is 24.9 Å². The van der Waals surface area contributed by atoms with Gasteiger partial charge in [0.2, 0.25) is 5.91 Å². The van der Waals surface area contributed by atoms with E-state index in [0.29, 0.717) is 18.8 Å². The number of nitrogens with zero attached hydrogens (tertiary/aromatic N) is 2. The zero-order valence-corrected chi connectivity index (χ0v) is 17.6. The summed E-state index contributed by atoms with van der Waals surface area (Å²) < 4.78 is 2.92. The summed E-state index contributed by atoms with van der Waals surface area (Å²) in [6, 6.07) is 23.6. The predicted octanol–water partition coefficient (Wildman–Crippen LogP) is 4.20. The molecule has 1 N–H and O–H groups in total. The smallest absolute Gasteiger partial charge is 0.268 e. The van der Waals surface area contributed by atoms with Gasteiger partial charge in [0.15, 0.2) is 0 Å². The maximum absolute atomic E-state index is 13.0. The molecular formula is C24H23N3O2S. The molecule has 0 bridgehead atoms. The van der Waals surface area contributed by atoms with Gasteiger partial charge in [-0.25, -0.2) is 0 Å². The Hall–Kier alpha value is -3.38. The topological polar surface area (TPSA) is 54.3 Å². The first-order valence-corrected chi connectivity index (χ1v) is 10.7. The third kappa shape index (κ3) is 4.44. The highest BCUT2D eigenvalue weighted by Crippen LogP contribution is 2.24. The van der Waals surface area contributed by atoms with Gasteiger partial charge < -0.3 is 14.8 Å². The van der Waals surface area contributed by atoms with Crippen LogP contribution in [-0.4, -0.2) is 27.8 Å². The fraction of sp³-hybridized carbons (Fsp3) is 0.167. The van der Waals surface area contributed by atoms with E-state index in [4.69, 9.17) is 0 Å². The van der Waals surface area contributed by atoms with Crippen molar-refractivity contribution in [1.82, 2.24) is 14.8 Å². The average molecular weight is 418 g/mol. The monoisotopic (exact) mass is 417 g/mol. The van der Waals surface area contributed by atoms with E-state index in [9.17, 15) is 9.59 Å². The average Bonchev–Trinajstić information content (AvgIpc) is 3.36. The number of carbonyl (C=O) groups is 2. The fourth-order valence-electron chi connectivity index (χ4n) is 3.47. The number of rotatable bonds is 7. The number of hydrogen-bond donors (Lipinski definition) is 1. The van der Waals surface area contributed by atoms with Gasteiger partial charge in [-0.15, -0.1) is 11.3 Å². The van der Waals surface area contributed by atoms with E-state index in [0.717, 1.165) is 21.3 Å². The van der Waals surface area contributed by atoms with Crippen LogP contribution in [0.25, 0.3) is 10.2 Å². The van der Waals surface area contributed by atoms with E-state index < -0.39 is 0 Å². The molecule has 2 heterocycles. The van der Waals surface area contributed by atoms with Crippen LogP contribution >= 0.6 is 11.3 Å². The molecule has 0 aliphatic carbocycles. The Labute approximate surface area is 179 Å². The van der Waals surface area contributed by atoms with Gasteiger partial charge in [-0.1, -0.05) is 60.7 Å². The maximum Gasteiger partial charge on any atom is 0.268 e. The predicted molar refractivity (Wildman–Crippen MR) is 120 cm³/mol. The van der Waals surface area contributed by atoms with Crippen molar-refractivity contribution in [2.24, 2.45) is 7.05 Å². The molecule has 2 amide bonds. The Morgan fingerprint density at radius 2 is 1.53 bits per heavy atom. The van der Waals surface area contributed by atoms with E-state index in [1.807, 2.05) is 89.8 Å². The van der Waals surface area contributed by atoms with Gasteiger partial charge in [-0.05, 0) is 28.6 Å². The Morgan fingerprint density at radius 1 is 0.933 bits per heavy atom. The van der Waals surface area contributed by atoms with Crippen molar-refractivity contribution >= 4 is 33.4 Å². The highest BCUT2D eigenvalue weighted by molar-refractivity contribution is 7.17. The number of carbonyl (C=O) groups excluding carboxylic acids is 2. The minimum Gasteiger partial charge on any atom is -0.342 e. The first-order valence-electron chi connectivity index (χ1n) is 9.78. The largest absolute Gasteiger partial charge is 0.342 e. The SMILES string of the molecule is Cn1c(C(=O)NCC(=O)N(Cc2ccccc2)Cc2ccccc2)cc2sccc21. The number of nitrogens with one attached hydrogen (secondary N) is 1. The highest BCUT2D eigenvalue weighted by Gasteiger charge is 2.18. The van der Waals surface area contributed by atoms with Crippen LogP contribution in [0.1, 0.15) is 21.6 Å². The fourth-order valence-corrected chi connectivity index (χ4v) is 4.32. The third-order valence-electron chi connectivity index (χ3n) is 5.08. The maximum atomic E-state index is 13.0. The second kappa shape index (κ2) is 8.97. The van der Waals surface area contributed by atoms with Crippen LogP contribution in [0.2, 0.25) is 0 Å². The Kier molecular flexibility index (Phi) is 5.95. The van der Waals surface area contributed by atoms with Crippen molar-refractivity contribution in [2.75, 3.05) is 6.54 Å². The molecule has 0 saturated carbocycles. The van der Waals surface area contributed by atoms with Gasteiger partial charge in [0.25, 0.3) is 5.91 Å². The summed E-state index contributed by atoms with van der Waals surface area (Å²) in [5.41, 5.74) is 3.68. The lowest BCUT2D eigenvalue weighted by Gasteiger charge is -2.23. The number of hydrogen-bond acceptors (Lipinski definition) is 3. The van der Waals surface area contributed by atoms with E-state index in [-0.39, 0.29) is 18.4 Å². The van der Waals surface area contributed by atoms with Gasteiger partial charge in [0, 0.05) is 20.1 Å². The summed E-state index contributed by atoms with van der Waals surface area (Å²) in [4.78, 5) is 27.5.